The van der Waals surface area contributed by atoms with Gasteiger partial charge in [-0.05, 0) is 59.3 Å². The zero-order chi connectivity index (χ0) is 24.9. The van der Waals surface area contributed by atoms with Crippen LogP contribution in [-0.2, 0) is 11.4 Å². The molecule has 1 fully saturated rings. The third-order valence-corrected chi connectivity index (χ3v) is 7.33. The van der Waals surface area contributed by atoms with Crippen LogP contribution in [0.4, 0.5) is 5.69 Å². The lowest BCUT2D eigenvalue weighted by atomic mass is 10.2. The van der Waals surface area contributed by atoms with Crippen molar-refractivity contribution in [2.45, 2.75) is 6.61 Å². The maximum absolute atomic E-state index is 12.7. The number of amides is 1. The van der Waals surface area contributed by atoms with Crippen molar-refractivity contribution in [3.05, 3.63) is 93.9 Å². The van der Waals surface area contributed by atoms with Crippen molar-refractivity contribution in [1.82, 2.24) is 4.90 Å². The van der Waals surface area contributed by atoms with E-state index in [9.17, 15) is 4.79 Å². The Morgan fingerprint density at radius 1 is 0.944 bits per heavy atom. The zero-order valence-electron chi connectivity index (χ0n) is 19.9. The fraction of sp³-hybridized carbons (Fsp3) is 0.214. The van der Waals surface area contributed by atoms with E-state index in [0.717, 1.165) is 53.2 Å². The molecular formula is C28H26ClN3O3S. The van der Waals surface area contributed by atoms with Crippen LogP contribution in [0.5, 0.6) is 11.5 Å². The maximum atomic E-state index is 12.7. The monoisotopic (exact) mass is 519 g/mol. The van der Waals surface area contributed by atoms with Crippen LogP contribution in [0.15, 0.2) is 82.7 Å². The second-order valence-corrected chi connectivity index (χ2v) is 9.89. The molecule has 8 heteroatoms. The lowest BCUT2D eigenvalue weighted by Crippen LogP contribution is -2.47. The lowest BCUT2D eigenvalue weighted by molar-refractivity contribution is -0.113. The molecule has 0 radical (unpaired) electrons. The predicted molar refractivity (Wildman–Crippen MR) is 147 cm³/mol. The molecule has 2 aliphatic heterocycles. The normalized spacial score (nSPS) is 16.9. The van der Waals surface area contributed by atoms with Crippen LogP contribution in [0.3, 0.4) is 0 Å². The molecule has 3 aromatic carbocycles. The molecule has 36 heavy (non-hydrogen) atoms. The van der Waals surface area contributed by atoms with E-state index in [1.807, 2.05) is 72.8 Å². The van der Waals surface area contributed by atoms with E-state index < -0.39 is 0 Å². The number of rotatable bonds is 6. The lowest BCUT2D eigenvalue weighted by Gasteiger charge is -2.36. The summed E-state index contributed by atoms with van der Waals surface area (Å²) in [6.45, 7) is 3.72. The van der Waals surface area contributed by atoms with Gasteiger partial charge in [0.15, 0.2) is 16.7 Å². The summed E-state index contributed by atoms with van der Waals surface area (Å²) < 4.78 is 11.5. The second kappa shape index (κ2) is 11.1. The third kappa shape index (κ3) is 5.69. The first-order valence-corrected chi connectivity index (χ1v) is 12.9. The van der Waals surface area contributed by atoms with E-state index in [2.05, 4.69) is 20.9 Å². The van der Waals surface area contributed by atoms with Crippen LogP contribution in [-0.4, -0.2) is 49.3 Å². The van der Waals surface area contributed by atoms with Gasteiger partial charge in [-0.1, -0.05) is 54.1 Å². The van der Waals surface area contributed by atoms with Crippen LogP contribution in [0, 0.1) is 0 Å². The van der Waals surface area contributed by atoms with Gasteiger partial charge in [0.1, 0.15) is 6.61 Å². The van der Waals surface area contributed by atoms with Crippen molar-refractivity contribution >= 4 is 46.2 Å². The van der Waals surface area contributed by atoms with Crippen LogP contribution in [0.2, 0.25) is 5.02 Å². The topological polar surface area (TPSA) is 54.4 Å². The van der Waals surface area contributed by atoms with Gasteiger partial charge < -0.3 is 19.3 Å². The maximum Gasteiger partial charge on any atom is 0.286 e. The SMILES string of the molecule is COc1cc(/C=C2\SC(N3CCN(c4cccc(Cl)c4)CC3)=NC2=O)ccc1OCc1ccccc1. The van der Waals surface area contributed by atoms with Gasteiger partial charge in [0.2, 0.25) is 0 Å². The molecule has 0 unspecified atom stereocenters. The van der Waals surface area contributed by atoms with Crippen molar-refractivity contribution in [3.8, 4) is 11.5 Å². The Labute approximate surface area is 220 Å². The van der Waals surface area contributed by atoms with E-state index in [4.69, 9.17) is 21.1 Å². The highest BCUT2D eigenvalue weighted by Crippen LogP contribution is 2.34. The first-order chi connectivity index (χ1) is 17.6. The summed E-state index contributed by atoms with van der Waals surface area (Å²) in [4.78, 5) is 22.1. The number of piperazine rings is 1. The summed E-state index contributed by atoms with van der Waals surface area (Å²) in [6.07, 6.45) is 1.86. The Morgan fingerprint density at radius 3 is 2.47 bits per heavy atom. The number of amidine groups is 1. The fourth-order valence-corrected chi connectivity index (χ4v) is 5.29. The van der Waals surface area contributed by atoms with Crippen LogP contribution < -0.4 is 14.4 Å². The molecular weight excluding hydrogens is 494 g/mol. The minimum absolute atomic E-state index is 0.212. The van der Waals surface area contributed by atoms with Gasteiger partial charge in [-0.25, -0.2) is 0 Å². The number of ether oxygens (including phenoxy) is 2. The smallest absolute Gasteiger partial charge is 0.286 e. The van der Waals surface area contributed by atoms with Gasteiger partial charge in [-0.2, -0.15) is 4.99 Å². The summed E-state index contributed by atoms with van der Waals surface area (Å²) in [5.41, 5.74) is 3.05. The van der Waals surface area contributed by atoms with Gasteiger partial charge in [0.05, 0.1) is 12.0 Å². The van der Waals surface area contributed by atoms with E-state index in [0.29, 0.717) is 23.0 Å². The molecule has 1 saturated heterocycles. The quantitative estimate of drug-likeness (QED) is 0.388. The number of aliphatic imine (C=N–C) groups is 1. The van der Waals surface area contributed by atoms with Crippen molar-refractivity contribution in [2.24, 2.45) is 4.99 Å². The molecule has 3 aromatic rings. The van der Waals surface area contributed by atoms with Crippen molar-refractivity contribution in [2.75, 3.05) is 38.2 Å². The number of carbonyl (C=O) groups is 1. The van der Waals surface area contributed by atoms with Crippen molar-refractivity contribution in [1.29, 1.82) is 0 Å². The highest BCUT2D eigenvalue weighted by molar-refractivity contribution is 8.18. The summed E-state index contributed by atoms with van der Waals surface area (Å²) in [7, 11) is 1.61. The van der Waals surface area contributed by atoms with E-state index in [-0.39, 0.29) is 5.91 Å². The first kappa shape index (κ1) is 24.3. The van der Waals surface area contributed by atoms with E-state index >= 15 is 0 Å². The molecule has 0 bridgehead atoms. The van der Waals surface area contributed by atoms with Crippen LogP contribution >= 0.6 is 23.4 Å². The molecule has 0 atom stereocenters. The third-order valence-electron chi connectivity index (χ3n) is 6.06. The summed E-state index contributed by atoms with van der Waals surface area (Å²) in [5, 5.41) is 1.49. The molecule has 0 aromatic heterocycles. The van der Waals surface area contributed by atoms with Gasteiger partial charge >= 0.3 is 0 Å². The molecule has 6 nitrogen and oxygen atoms in total. The highest BCUT2D eigenvalue weighted by atomic mass is 35.5. The predicted octanol–water partition coefficient (Wildman–Crippen LogP) is 5.72. The largest absolute Gasteiger partial charge is 0.493 e. The Balaban J connectivity index is 1.21. The molecule has 0 saturated carbocycles. The number of hydrogen-bond donors (Lipinski definition) is 0. The molecule has 184 valence electrons. The van der Waals surface area contributed by atoms with Gasteiger partial charge in [-0.15, -0.1) is 0 Å². The molecule has 0 aliphatic carbocycles. The standard InChI is InChI=1S/C28H26ClN3O3S/c1-34-25-16-21(10-11-24(25)35-19-20-6-3-2-4-7-20)17-26-27(33)30-28(36-26)32-14-12-31(13-15-32)23-9-5-8-22(29)18-23/h2-11,16-18H,12-15,19H2,1H3/b26-17-. The number of halogens is 1. The molecule has 1 amide bonds. The minimum Gasteiger partial charge on any atom is -0.493 e. The molecule has 5 rings (SSSR count). The van der Waals surface area contributed by atoms with Gasteiger partial charge in [0, 0.05) is 36.9 Å². The Hall–Kier alpha value is -3.42. The number of methoxy groups -OCH3 is 1. The first-order valence-electron chi connectivity index (χ1n) is 11.7. The van der Waals surface area contributed by atoms with E-state index in [1.165, 1.54) is 11.8 Å². The number of carbonyl (C=O) groups excluding carboxylic acids is 1. The summed E-state index contributed by atoms with van der Waals surface area (Å²) >= 11 is 7.57. The number of hydrogen-bond acceptors (Lipinski definition) is 6. The van der Waals surface area contributed by atoms with Gasteiger partial charge in [0.25, 0.3) is 5.91 Å². The molecule has 2 aliphatic rings. The van der Waals surface area contributed by atoms with E-state index in [1.54, 1.807) is 7.11 Å². The molecule has 0 spiro atoms. The second-order valence-electron chi connectivity index (χ2n) is 8.45. The van der Waals surface area contributed by atoms with Crippen molar-refractivity contribution < 1.29 is 14.3 Å². The highest BCUT2D eigenvalue weighted by Gasteiger charge is 2.28. The van der Waals surface area contributed by atoms with Crippen LogP contribution in [0.25, 0.3) is 6.08 Å². The molecule has 2 heterocycles. The average Bonchev–Trinajstić information content (AvgIpc) is 3.28. The zero-order valence-corrected chi connectivity index (χ0v) is 21.5. The number of thioether (sulfide) groups is 1. The van der Waals surface area contributed by atoms with Crippen LogP contribution in [0.1, 0.15) is 11.1 Å². The van der Waals surface area contributed by atoms with Gasteiger partial charge in [-0.3, -0.25) is 4.79 Å². The number of benzene rings is 3. The number of anilines is 1. The Kier molecular flexibility index (Phi) is 7.49. The fourth-order valence-electron chi connectivity index (χ4n) is 4.14. The number of nitrogens with zero attached hydrogens (tertiary/aromatic N) is 3. The Morgan fingerprint density at radius 2 is 1.72 bits per heavy atom. The average molecular weight is 520 g/mol. The summed E-state index contributed by atoms with van der Waals surface area (Å²) in [6, 6.07) is 23.5. The Bertz CT molecular complexity index is 1300. The molecule has 0 N–H and O–H groups in total. The van der Waals surface area contributed by atoms with Crippen molar-refractivity contribution in [3.63, 3.8) is 0 Å². The summed E-state index contributed by atoms with van der Waals surface area (Å²) in [5.74, 6) is 1.06. The minimum atomic E-state index is -0.212.